The monoisotopic (exact) mass is 261 g/mol. The van der Waals surface area contributed by atoms with Gasteiger partial charge in [-0.25, -0.2) is 4.98 Å². The van der Waals surface area contributed by atoms with Crippen LogP contribution in [0.15, 0.2) is 35.1 Å². The van der Waals surface area contributed by atoms with E-state index in [4.69, 9.17) is 10.5 Å². The normalized spacial score (nSPS) is 10.8. The number of nitriles is 3. The molecule has 6 nitrogen and oxygen atoms in total. The minimum atomic E-state index is -0.889. The number of hydrogen-bond acceptors (Lipinski definition) is 5. The molecule has 1 aromatic carbocycles. The molecule has 0 saturated carbocycles. The van der Waals surface area contributed by atoms with Crippen LogP contribution < -0.4 is 5.56 Å². The average molecular weight is 261 g/mol. The highest BCUT2D eigenvalue weighted by Crippen LogP contribution is 2.19. The van der Waals surface area contributed by atoms with E-state index in [9.17, 15) is 10.1 Å². The predicted molar refractivity (Wildman–Crippen MR) is 68.2 cm³/mol. The van der Waals surface area contributed by atoms with Crippen molar-refractivity contribution in [1.82, 2.24) is 9.97 Å². The molecule has 0 saturated heterocycles. The highest BCUT2D eigenvalue weighted by atomic mass is 16.1. The van der Waals surface area contributed by atoms with Gasteiger partial charge in [-0.15, -0.1) is 0 Å². The van der Waals surface area contributed by atoms with E-state index in [0.717, 1.165) is 0 Å². The van der Waals surface area contributed by atoms with Crippen molar-refractivity contribution < 1.29 is 0 Å². The number of nitrogens with one attached hydrogen (secondary N) is 1. The molecule has 0 bridgehead atoms. The molecule has 0 amide bonds. The second-order valence-corrected chi connectivity index (χ2v) is 3.87. The molecule has 2 rings (SSSR count). The van der Waals surface area contributed by atoms with Crippen molar-refractivity contribution in [3.05, 3.63) is 63.3 Å². The van der Waals surface area contributed by atoms with Crippen LogP contribution in [0.2, 0.25) is 0 Å². The van der Waals surface area contributed by atoms with Crippen LogP contribution in [-0.4, -0.2) is 9.97 Å². The quantitative estimate of drug-likeness (QED) is 0.870. The Morgan fingerprint density at radius 2 is 1.80 bits per heavy atom. The highest BCUT2D eigenvalue weighted by Gasteiger charge is 2.21. The summed E-state index contributed by atoms with van der Waals surface area (Å²) in [5.74, 6) is -0.889. The number of aromatic nitrogens is 2. The van der Waals surface area contributed by atoms with Crippen molar-refractivity contribution >= 4 is 0 Å². The van der Waals surface area contributed by atoms with E-state index in [2.05, 4.69) is 9.97 Å². The van der Waals surface area contributed by atoms with E-state index in [1.807, 2.05) is 6.07 Å². The SMILES string of the molecule is N#Cc1nc([C@@H](C#N)c2ccccc2)c(=O)[nH]c1C#N. The van der Waals surface area contributed by atoms with E-state index >= 15 is 0 Å². The Kier molecular flexibility index (Phi) is 3.56. The van der Waals surface area contributed by atoms with Crippen molar-refractivity contribution in [3.8, 4) is 18.2 Å². The summed E-state index contributed by atoms with van der Waals surface area (Å²) in [4.78, 5) is 18.0. The predicted octanol–water partition coefficient (Wildman–Crippen LogP) is 1.17. The topological polar surface area (TPSA) is 117 Å². The summed E-state index contributed by atoms with van der Waals surface area (Å²) in [6.07, 6.45) is 0. The number of H-pyrrole nitrogens is 1. The van der Waals surface area contributed by atoms with Crippen LogP contribution in [0, 0.1) is 34.0 Å². The van der Waals surface area contributed by atoms with Gasteiger partial charge in [-0.3, -0.25) is 4.79 Å². The summed E-state index contributed by atoms with van der Waals surface area (Å²) in [6, 6.07) is 14.1. The lowest BCUT2D eigenvalue weighted by molar-refractivity contribution is 0.900. The molecular formula is C14H7N5O. The molecule has 20 heavy (non-hydrogen) atoms. The third kappa shape index (κ3) is 2.25. The van der Waals surface area contributed by atoms with Gasteiger partial charge in [0.2, 0.25) is 0 Å². The lowest BCUT2D eigenvalue weighted by atomic mass is 9.97. The van der Waals surface area contributed by atoms with E-state index in [1.165, 1.54) is 0 Å². The van der Waals surface area contributed by atoms with E-state index in [-0.39, 0.29) is 17.1 Å². The lowest BCUT2D eigenvalue weighted by Crippen LogP contribution is -2.21. The molecule has 1 aromatic heterocycles. The summed E-state index contributed by atoms with van der Waals surface area (Å²) in [6.45, 7) is 0. The molecule has 1 N–H and O–H groups in total. The van der Waals surface area contributed by atoms with Gasteiger partial charge in [0, 0.05) is 0 Å². The smallest absolute Gasteiger partial charge is 0.272 e. The Morgan fingerprint density at radius 3 is 2.35 bits per heavy atom. The Bertz CT molecular complexity index is 818. The summed E-state index contributed by atoms with van der Waals surface area (Å²) >= 11 is 0. The standard InChI is InChI=1S/C14H7N5O/c15-6-10(9-4-2-1-3-5-9)13-14(20)19-12(8-17)11(7-16)18-13/h1-5,10H,(H,19,20)/t10-/m0/s1. The minimum absolute atomic E-state index is 0.0887. The van der Waals surface area contributed by atoms with Crippen molar-refractivity contribution in [3.63, 3.8) is 0 Å². The maximum Gasteiger partial charge on any atom is 0.272 e. The van der Waals surface area contributed by atoms with Gasteiger partial charge in [0.15, 0.2) is 11.4 Å². The van der Waals surface area contributed by atoms with Gasteiger partial charge in [-0.2, -0.15) is 15.8 Å². The van der Waals surface area contributed by atoms with Gasteiger partial charge >= 0.3 is 0 Å². The minimum Gasteiger partial charge on any atom is -0.310 e. The molecule has 0 fully saturated rings. The first-order valence-electron chi connectivity index (χ1n) is 5.60. The van der Waals surface area contributed by atoms with Crippen molar-refractivity contribution in [2.24, 2.45) is 0 Å². The number of benzene rings is 1. The molecule has 0 aliphatic carbocycles. The van der Waals surface area contributed by atoms with Crippen LogP contribution in [0.3, 0.4) is 0 Å². The van der Waals surface area contributed by atoms with Crippen LogP contribution in [0.4, 0.5) is 0 Å². The molecule has 0 aliphatic heterocycles. The molecule has 6 heteroatoms. The fourth-order valence-electron chi connectivity index (χ4n) is 1.76. The second-order valence-electron chi connectivity index (χ2n) is 3.87. The molecule has 1 heterocycles. The van der Waals surface area contributed by atoms with Crippen LogP contribution in [0.1, 0.15) is 28.6 Å². The Balaban J connectivity index is 2.64. The molecular weight excluding hydrogens is 254 g/mol. The van der Waals surface area contributed by atoms with Gasteiger partial charge < -0.3 is 4.98 Å². The number of hydrogen-bond donors (Lipinski definition) is 1. The first kappa shape index (κ1) is 13.0. The van der Waals surface area contributed by atoms with Gasteiger partial charge in [0.25, 0.3) is 5.56 Å². The zero-order chi connectivity index (χ0) is 14.5. The Labute approximate surface area is 114 Å². The van der Waals surface area contributed by atoms with Gasteiger partial charge in [-0.1, -0.05) is 30.3 Å². The maximum absolute atomic E-state index is 11.9. The van der Waals surface area contributed by atoms with Crippen LogP contribution in [0.25, 0.3) is 0 Å². The first-order valence-corrected chi connectivity index (χ1v) is 5.60. The third-order valence-corrected chi connectivity index (χ3v) is 2.69. The third-order valence-electron chi connectivity index (χ3n) is 2.69. The number of aromatic amines is 1. The van der Waals surface area contributed by atoms with E-state index < -0.39 is 11.5 Å². The van der Waals surface area contributed by atoms with Crippen LogP contribution in [0.5, 0.6) is 0 Å². The number of rotatable bonds is 2. The summed E-state index contributed by atoms with van der Waals surface area (Å²) < 4.78 is 0. The fourth-order valence-corrected chi connectivity index (χ4v) is 1.76. The second kappa shape index (κ2) is 5.48. The van der Waals surface area contributed by atoms with E-state index in [1.54, 1.807) is 42.5 Å². The fraction of sp³-hybridized carbons (Fsp3) is 0.0714. The van der Waals surface area contributed by atoms with E-state index in [0.29, 0.717) is 5.56 Å². The molecule has 2 aromatic rings. The molecule has 0 unspecified atom stereocenters. The molecule has 94 valence electrons. The van der Waals surface area contributed by atoms with Crippen LogP contribution in [-0.2, 0) is 0 Å². The number of nitrogens with zero attached hydrogens (tertiary/aromatic N) is 4. The largest absolute Gasteiger partial charge is 0.310 e. The van der Waals surface area contributed by atoms with Gasteiger partial charge in [0.1, 0.15) is 23.8 Å². The molecule has 0 spiro atoms. The van der Waals surface area contributed by atoms with Crippen molar-refractivity contribution in [2.75, 3.05) is 0 Å². The highest BCUT2D eigenvalue weighted by molar-refractivity contribution is 5.39. The molecule has 0 aliphatic rings. The zero-order valence-corrected chi connectivity index (χ0v) is 10.2. The first-order chi connectivity index (χ1) is 9.71. The molecule has 1 atom stereocenters. The zero-order valence-electron chi connectivity index (χ0n) is 10.2. The Hall–Kier alpha value is -3.43. The van der Waals surface area contributed by atoms with Crippen molar-refractivity contribution in [2.45, 2.75) is 5.92 Å². The summed E-state index contributed by atoms with van der Waals surface area (Å²) in [5, 5.41) is 27.0. The lowest BCUT2D eigenvalue weighted by Gasteiger charge is -2.08. The Morgan fingerprint density at radius 1 is 1.10 bits per heavy atom. The van der Waals surface area contributed by atoms with Crippen molar-refractivity contribution in [1.29, 1.82) is 15.8 Å². The van der Waals surface area contributed by atoms with Crippen LogP contribution >= 0.6 is 0 Å². The average Bonchev–Trinajstić information content (AvgIpc) is 2.50. The summed E-state index contributed by atoms with van der Waals surface area (Å²) in [5.41, 5.74) is -0.531. The maximum atomic E-state index is 11.9. The van der Waals surface area contributed by atoms with Gasteiger partial charge in [0.05, 0.1) is 6.07 Å². The summed E-state index contributed by atoms with van der Waals surface area (Å²) in [7, 11) is 0. The van der Waals surface area contributed by atoms with Gasteiger partial charge in [-0.05, 0) is 5.56 Å². The molecule has 0 radical (unpaired) electrons.